The molecule has 1 atom stereocenters. The summed E-state index contributed by atoms with van der Waals surface area (Å²) in [5, 5.41) is 5.65. The van der Waals surface area contributed by atoms with Crippen LogP contribution in [0.25, 0.3) is 0 Å². The number of ether oxygens (including phenoxy) is 2. The summed E-state index contributed by atoms with van der Waals surface area (Å²) in [6, 6.07) is 11.7. The van der Waals surface area contributed by atoms with Crippen molar-refractivity contribution in [2.75, 3.05) is 19.5 Å². The molecule has 0 saturated heterocycles. The number of hydrogen-bond donors (Lipinski definition) is 2. The van der Waals surface area contributed by atoms with E-state index in [0.717, 1.165) is 3.57 Å². The van der Waals surface area contributed by atoms with Gasteiger partial charge in [-0.2, -0.15) is 0 Å². The fourth-order valence-corrected chi connectivity index (χ4v) is 2.81. The fraction of sp³-hybridized carbons (Fsp3) is 0.300. The first kappa shape index (κ1) is 21.0. The van der Waals surface area contributed by atoms with E-state index in [-0.39, 0.29) is 17.7 Å². The van der Waals surface area contributed by atoms with Crippen molar-refractivity contribution in [2.24, 2.45) is 5.92 Å². The monoisotopic (exact) mass is 482 g/mol. The number of nitrogens with one attached hydrogen (secondary N) is 2. The lowest BCUT2D eigenvalue weighted by Gasteiger charge is -2.22. The predicted octanol–water partition coefficient (Wildman–Crippen LogP) is 3.70. The molecule has 2 amide bonds. The molecule has 0 saturated carbocycles. The van der Waals surface area contributed by atoms with Gasteiger partial charge in [0.25, 0.3) is 5.91 Å². The SMILES string of the molecule is COc1cc(OC)cc(C(=O)NC(C(=O)Nc2ccc(I)cc2)C(C)C)c1. The van der Waals surface area contributed by atoms with Crippen LogP contribution in [0.15, 0.2) is 42.5 Å². The van der Waals surface area contributed by atoms with Crippen LogP contribution in [-0.2, 0) is 4.79 Å². The summed E-state index contributed by atoms with van der Waals surface area (Å²) in [7, 11) is 3.03. The van der Waals surface area contributed by atoms with Gasteiger partial charge in [0.2, 0.25) is 5.91 Å². The lowest BCUT2D eigenvalue weighted by molar-refractivity contribution is -0.118. The minimum Gasteiger partial charge on any atom is -0.497 e. The highest BCUT2D eigenvalue weighted by Gasteiger charge is 2.25. The molecule has 0 fully saturated rings. The molecule has 2 rings (SSSR count). The van der Waals surface area contributed by atoms with E-state index in [9.17, 15) is 9.59 Å². The van der Waals surface area contributed by atoms with Gasteiger partial charge in [0.1, 0.15) is 17.5 Å². The van der Waals surface area contributed by atoms with Gasteiger partial charge in [-0.1, -0.05) is 13.8 Å². The molecule has 0 aliphatic heterocycles. The van der Waals surface area contributed by atoms with E-state index in [2.05, 4.69) is 33.2 Å². The normalized spacial score (nSPS) is 11.6. The molecule has 0 aliphatic rings. The van der Waals surface area contributed by atoms with Crippen LogP contribution in [0.1, 0.15) is 24.2 Å². The number of benzene rings is 2. The molecule has 2 aromatic rings. The predicted molar refractivity (Wildman–Crippen MR) is 113 cm³/mol. The number of hydrogen-bond acceptors (Lipinski definition) is 4. The maximum Gasteiger partial charge on any atom is 0.252 e. The second-order valence-corrected chi connectivity index (χ2v) is 7.54. The summed E-state index contributed by atoms with van der Waals surface area (Å²) >= 11 is 2.20. The number of rotatable bonds is 7. The first-order valence-corrected chi connectivity index (χ1v) is 9.52. The van der Waals surface area contributed by atoms with Crippen molar-refractivity contribution >= 4 is 40.1 Å². The van der Waals surface area contributed by atoms with Crippen molar-refractivity contribution in [3.8, 4) is 11.5 Å². The zero-order valence-corrected chi connectivity index (χ0v) is 17.9. The van der Waals surface area contributed by atoms with Crippen molar-refractivity contribution in [2.45, 2.75) is 19.9 Å². The van der Waals surface area contributed by atoms with Crippen molar-refractivity contribution in [1.82, 2.24) is 5.32 Å². The highest BCUT2D eigenvalue weighted by molar-refractivity contribution is 14.1. The Morgan fingerprint density at radius 2 is 1.52 bits per heavy atom. The van der Waals surface area contributed by atoms with Crippen LogP contribution in [0.4, 0.5) is 5.69 Å². The van der Waals surface area contributed by atoms with E-state index in [4.69, 9.17) is 9.47 Å². The van der Waals surface area contributed by atoms with Crippen LogP contribution < -0.4 is 20.1 Å². The molecule has 7 heteroatoms. The topological polar surface area (TPSA) is 76.7 Å². The zero-order valence-electron chi connectivity index (χ0n) is 15.7. The average molecular weight is 482 g/mol. The second kappa shape index (κ2) is 9.59. The number of carbonyl (C=O) groups excluding carboxylic acids is 2. The Bertz CT molecular complexity index is 784. The van der Waals surface area contributed by atoms with Gasteiger partial charge in [-0.05, 0) is 64.9 Å². The largest absolute Gasteiger partial charge is 0.497 e. The van der Waals surface area contributed by atoms with Crippen molar-refractivity contribution < 1.29 is 19.1 Å². The zero-order chi connectivity index (χ0) is 20.0. The smallest absolute Gasteiger partial charge is 0.252 e. The number of anilines is 1. The van der Waals surface area contributed by atoms with Gasteiger partial charge in [-0.15, -0.1) is 0 Å². The highest BCUT2D eigenvalue weighted by atomic mass is 127. The summed E-state index contributed by atoms with van der Waals surface area (Å²) in [6.07, 6.45) is 0. The van der Waals surface area contributed by atoms with Gasteiger partial charge in [-0.25, -0.2) is 0 Å². The number of carbonyl (C=O) groups is 2. The summed E-state index contributed by atoms with van der Waals surface area (Å²) < 4.78 is 11.5. The maximum absolute atomic E-state index is 12.7. The molecule has 2 N–H and O–H groups in total. The molecule has 0 bridgehead atoms. The Hall–Kier alpha value is -2.29. The molecule has 144 valence electrons. The van der Waals surface area contributed by atoms with Gasteiger partial charge >= 0.3 is 0 Å². The van der Waals surface area contributed by atoms with E-state index >= 15 is 0 Å². The molecular formula is C20H23IN2O4. The van der Waals surface area contributed by atoms with E-state index in [1.165, 1.54) is 14.2 Å². The van der Waals surface area contributed by atoms with Crippen LogP contribution in [-0.4, -0.2) is 32.1 Å². The standard InChI is InChI=1S/C20H23IN2O4/c1-12(2)18(20(25)22-15-7-5-14(21)6-8-15)23-19(24)13-9-16(26-3)11-17(10-13)27-4/h5-12,18H,1-4H3,(H,22,25)(H,23,24). The molecular weight excluding hydrogens is 459 g/mol. The van der Waals surface area contributed by atoms with E-state index < -0.39 is 6.04 Å². The van der Waals surface area contributed by atoms with E-state index in [1.54, 1.807) is 18.2 Å². The van der Waals surface area contributed by atoms with E-state index in [0.29, 0.717) is 22.7 Å². The second-order valence-electron chi connectivity index (χ2n) is 6.29. The van der Waals surface area contributed by atoms with Crippen LogP contribution in [0.2, 0.25) is 0 Å². The first-order valence-electron chi connectivity index (χ1n) is 8.44. The third kappa shape index (κ3) is 5.85. The van der Waals surface area contributed by atoms with Gasteiger partial charge in [0.15, 0.2) is 0 Å². The Balaban J connectivity index is 2.16. The molecule has 0 radical (unpaired) electrons. The molecule has 2 aromatic carbocycles. The highest BCUT2D eigenvalue weighted by Crippen LogP contribution is 2.23. The lowest BCUT2D eigenvalue weighted by Crippen LogP contribution is -2.47. The summed E-state index contributed by atoms with van der Waals surface area (Å²) in [4.78, 5) is 25.4. The van der Waals surface area contributed by atoms with Gasteiger partial charge < -0.3 is 20.1 Å². The molecule has 27 heavy (non-hydrogen) atoms. The first-order chi connectivity index (χ1) is 12.8. The molecule has 6 nitrogen and oxygen atoms in total. The molecule has 0 aliphatic carbocycles. The van der Waals surface area contributed by atoms with Gasteiger partial charge in [-0.3, -0.25) is 9.59 Å². The van der Waals surface area contributed by atoms with Crippen molar-refractivity contribution in [3.63, 3.8) is 0 Å². The minimum absolute atomic E-state index is 0.0923. The van der Waals surface area contributed by atoms with Crippen LogP contribution in [0.3, 0.4) is 0 Å². The molecule has 0 heterocycles. The number of amides is 2. The summed E-state index contributed by atoms with van der Waals surface area (Å²) in [5.74, 6) is 0.274. The molecule has 0 aromatic heterocycles. The summed E-state index contributed by atoms with van der Waals surface area (Å²) in [5.41, 5.74) is 1.04. The van der Waals surface area contributed by atoms with Crippen LogP contribution in [0.5, 0.6) is 11.5 Å². The maximum atomic E-state index is 12.7. The van der Waals surface area contributed by atoms with Crippen LogP contribution in [0, 0.1) is 9.49 Å². The molecule has 1 unspecified atom stereocenters. The summed E-state index contributed by atoms with van der Waals surface area (Å²) in [6.45, 7) is 3.76. The Morgan fingerprint density at radius 1 is 0.963 bits per heavy atom. The number of methoxy groups -OCH3 is 2. The Kier molecular flexibility index (Phi) is 7.46. The Labute approximate surface area is 172 Å². The Morgan fingerprint density at radius 3 is 2.00 bits per heavy atom. The average Bonchev–Trinajstić information content (AvgIpc) is 2.66. The van der Waals surface area contributed by atoms with E-state index in [1.807, 2.05) is 38.1 Å². The third-order valence-corrected chi connectivity index (χ3v) is 4.68. The van der Waals surface area contributed by atoms with Crippen LogP contribution >= 0.6 is 22.6 Å². The quantitative estimate of drug-likeness (QED) is 0.591. The fourth-order valence-electron chi connectivity index (χ4n) is 2.45. The number of halogens is 1. The van der Waals surface area contributed by atoms with Gasteiger partial charge in [0.05, 0.1) is 14.2 Å². The van der Waals surface area contributed by atoms with Crippen molar-refractivity contribution in [3.05, 3.63) is 51.6 Å². The molecule has 0 spiro atoms. The minimum atomic E-state index is -0.686. The van der Waals surface area contributed by atoms with Gasteiger partial charge in [0, 0.05) is 20.9 Å². The lowest BCUT2D eigenvalue weighted by atomic mass is 10.0. The van der Waals surface area contributed by atoms with Crippen molar-refractivity contribution in [1.29, 1.82) is 0 Å². The third-order valence-electron chi connectivity index (χ3n) is 3.96.